The Bertz CT molecular complexity index is 143. The number of rotatable bonds is 4. The van der Waals surface area contributed by atoms with E-state index >= 15 is 0 Å². The molecule has 0 aliphatic heterocycles. The van der Waals surface area contributed by atoms with E-state index in [0.29, 0.717) is 12.3 Å². The molecule has 0 fully saturated rings. The summed E-state index contributed by atoms with van der Waals surface area (Å²) >= 11 is 0. The quantitative estimate of drug-likeness (QED) is 0.515. The Balaban J connectivity index is 3.60. The van der Waals surface area contributed by atoms with Gasteiger partial charge in [-0.25, -0.2) is 0 Å². The lowest BCUT2D eigenvalue weighted by molar-refractivity contribution is -0.113. The van der Waals surface area contributed by atoms with Crippen molar-refractivity contribution in [3.8, 4) is 0 Å². The van der Waals surface area contributed by atoms with Crippen molar-refractivity contribution in [2.24, 2.45) is 11.5 Å². The molecule has 0 aliphatic rings. The van der Waals surface area contributed by atoms with Gasteiger partial charge in [0.25, 0.3) is 0 Å². The van der Waals surface area contributed by atoms with Crippen molar-refractivity contribution in [3.63, 3.8) is 0 Å². The molecule has 4 nitrogen and oxygen atoms in total. The van der Waals surface area contributed by atoms with Crippen LogP contribution in [0, 0.1) is 0 Å². The van der Waals surface area contributed by atoms with Crippen LogP contribution in [0.2, 0.25) is 0 Å². The maximum Gasteiger partial charge on any atom is 0.243 e. The van der Waals surface area contributed by atoms with E-state index in [1.165, 1.54) is 0 Å². The second-order valence-electron chi connectivity index (χ2n) is 1.76. The molecule has 0 spiro atoms. The number of amides is 1. The molecule has 0 aliphatic carbocycles. The van der Waals surface area contributed by atoms with Crippen molar-refractivity contribution in [1.82, 2.24) is 0 Å². The molecule has 0 radical (unpaired) electrons. The van der Waals surface area contributed by atoms with Crippen LogP contribution in [0.15, 0.2) is 11.8 Å². The molecule has 4 N–H and O–H groups in total. The van der Waals surface area contributed by atoms with E-state index in [0.717, 1.165) is 6.08 Å². The van der Waals surface area contributed by atoms with Crippen LogP contribution in [0.4, 0.5) is 0 Å². The monoisotopic (exact) mass is 144 g/mol. The van der Waals surface area contributed by atoms with Crippen molar-refractivity contribution in [3.05, 3.63) is 11.8 Å². The summed E-state index contributed by atoms with van der Waals surface area (Å²) in [7, 11) is 0. The molecule has 58 valence electrons. The predicted octanol–water partition coefficient (Wildman–Crippen LogP) is -0.649. The zero-order chi connectivity index (χ0) is 7.98. The number of hydrogen-bond acceptors (Lipinski definition) is 3. The van der Waals surface area contributed by atoms with Crippen LogP contribution >= 0.6 is 0 Å². The topological polar surface area (TPSA) is 78.3 Å². The lowest BCUT2D eigenvalue weighted by Gasteiger charge is -1.98. The molecule has 0 rings (SSSR count). The summed E-state index contributed by atoms with van der Waals surface area (Å²) < 4.78 is 4.90. The highest BCUT2D eigenvalue weighted by Gasteiger charge is 1.91. The van der Waals surface area contributed by atoms with Gasteiger partial charge in [0, 0.05) is 18.4 Å². The highest BCUT2D eigenvalue weighted by atomic mass is 16.5. The van der Waals surface area contributed by atoms with E-state index in [2.05, 4.69) is 0 Å². The van der Waals surface area contributed by atoms with Crippen molar-refractivity contribution in [2.45, 2.75) is 6.92 Å². The zero-order valence-corrected chi connectivity index (χ0v) is 5.96. The van der Waals surface area contributed by atoms with Crippen molar-refractivity contribution < 1.29 is 9.53 Å². The fourth-order valence-electron chi connectivity index (χ4n) is 0.444. The first-order valence-electron chi connectivity index (χ1n) is 3.00. The van der Waals surface area contributed by atoms with Crippen LogP contribution in [0.25, 0.3) is 0 Å². The average Bonchev–Trinajstić information content (AvgIpc) is 1.82. The Kier molecular flexibility index (Phi) is 4.32. The molecular weight excluding hydrogens is 132 g/mol. The first-order valence-corrected chi connectivity index (χ1v) is 3.00. The van der Waals surface area contributed by atoms with E-state index < -0.39 is 5.91 Å². The third-order valence-electron chi connectivity index (χ3n) is 0.801. The number of ether oxygens (including phenoxy) is 1. The molecular formula is C6H12N2O2. The molecule has 0 aromatic carbocycles. The summed E-state index contributed by atoms with van der Waals surface area (Å²) in [4.78, 5) is 10.2. The van der Waals surface area contributed by atoms with Crippen LogP contribution in [-0.4, -0.2) is 19.1 Å². The summed E-state index contributed by atoms with van der Waals surface area (Å²) in [6, 6.07) is 0. The molecule has 0 aromatic rings. The molecule has 0 unspecified atom stereocenters. The Hall–Kier alpha value is -1.03. The zero-order valence-electron chi connectivity index (χ0n) is 5.96. The van der Waals surface area contributed by atoms with Gasteiger partial charge in [-0.3, -0.25) is 4.79 Å². The fourth-order valence-corrected chi connectivity index (χ4v) is 0.444. The SMILES string of the molecule is CCOCC(N)=CC(N)=O. The average molecular weight is 144 g/mol. The normalized spacial score (nSPS) is 11.5. The van der Waals surface area contributed by atoms with Crippen LogP contribution in [0.3, 0.4) is 0 Å². The van der Waals surface area contributed by atoms with Gasteiger partial charge in [0.2, 0.25) is 5.91 Å². The summed E-state index contributed by atoms with van der Waals surface area (Å²) in [5.74, 6) is -0.544. The van der Waals surface area contributed by atoms with Gasteiger partial charge >= 0.3 is 0 Å². The van der Waals surface area contributed by atoms with Gasteiger partial charge in [0.15, 0.2) is 0 Å². The van der Waals surface area contributed by atoms with E-state index in [1.54, 1.807) is 0 Å². The van der Waals surface area contributed by atoms with E-state index in [-0.39, 0.29) is 6.61 Å². The minimum atomic E-state index is -0.544. The van der Waals surface area contributed by atoms with Gasteiger partial charge in [-0.15, -0.1) is 0 Å². The summed E-state index contributed by atoms with van der Waals surface area (Å²) in [5, 5.41) is 0. The molecule has 0 saturated heterocycles. The Labute approximate surface area is 59.8 Å². The Morgan fingerprint density at radius 2 is 2.20 bits per heavy atom. The van der Waals surface area contributed by atoms with Crippen LogP contribution < -0.4 is 11.5 Å². The molecule has 0 bridgehead atoms. The lowest BCUT2D eigenvalue weighted by atomic mass is 10.4. The molecule has 4 heteroatoms. The van der Waals surface area contributed by atoms with Crippen molar-refractivity contribution >= 4 is 5.91 Å². The molecule has 1 amide bonds. The molecule has 0 heterocycles. The standard InChI is InChI=1S/C6H12N2O2/c1-2-10-4-5(7)3-6(8)9/h3H,2,4,7H2,1H3,(H2,8,9). The van der Waals surface area contributed by atoms with E-state index in [1.807, 2.05) is 6.92 Å². The Morgan fingerprint density at radius 3 is 2.60 bits per heavy atom. The van der Waals surface area contributed by atoms with Gasteiger partial charge in [0.05, 0.1) is 6.61 Å². The van der Waals surface area contributed by atoms with Crippen molar-refractivity contribution in [2.75, 3.05) is 13.2 Å². The minimum absolute atomic E-state index is 0.263. The Morgan fingerprint density at radius 1 is 1.60 bits per heavy atom. The van der Waals surface area contributed by atoms with Crippen LogP contribution in [0.1, 0.15) is 6.92 Å². The third-order valence-corrected chi connectivity index (χ3v) is 0.801. The van der Waals surface area contributed by atoms with Crippen LogP contribution in [0.5, 0.6) is 0 Å². The predicted molar refractivity (Wildman–Crippen MR) is 38.0 cm³/mol. The van der Waals surface area contributed by atoms with E-state index in [9.17, 15) is 4.79 Å². The first-order chi connectivity index (χ1) is 4.66. The number of carbonyl (C=O) groups is 1. The first kappa shape index (κ1) is 8.97. The van der Waals surface area contributed by atoms with Gasteiger partial charge in [0.1, 0.15) is 0 Å². The highest BCUT2D eigenvalue weighted by Crippen LogP contribution is 1.84. The second kappa shape index (κ2) is 4.81. The highest BCUT2D eigenvalue weighted by molar-refractivity contribution is 5.86. The number of carbonyl (C=O) groups excluding carboxylic acids is 1. The summed E-state index contributed by atoms with van der Waals surface area (Å²) in [5.41, 5.74) is 10.5. The lowest BCUT2D eigenvalue weighted by Crippen LogP contribution is -2.13. The maximum absolute atomic E-state index is 10.2. The fraction of sp³-hybridized carbons (Fsp3) is 0.500. The van der Waals surface area contributed by atoms with Gasteiger partial charge in [-0.2, -0.15) is 0 Å². The second-order valence-corrected chi connectivity index (χ2v) is 1.76. The van der Waals surface area contributed by atoms with Gasteiger partial charge in [-0.1, -0.05) is 0 Å². The van der Waals surface area contributed by atoms with E-state index in [4.69, 9.17) is 16.2 Å². The molecule has 10 heavy (non-hydrogen) atoms. The molecule has 0 atom stereocenters. The number of hydrogen-bond donors (Lipinski definition) is 2. The smallest absolute Gasteiger partial charge is 0.243 e. The largest absolute Gasteiger partial charge is 0.400 e. The minimum Gasteiger partial charge on any atom is -0.400 e. The maximum atomic E-state index is 10.2. The third kappa shape index (κ3) is 5.11. The van der Waals surface area contributed by atoms with Gasteiger partial charge in [-0.05, 0) is 6.92 Å². The summed E-state index contributed by atoms with van der Waals surface area (Å²) in [6.45, 7) is 2.68. The number of primary amides is 1. The van der Waals surface area contributed by atoms with Gasteiger partial charge < -0.3 is 16.2 Å². The molecule has 0 aromatic heterocycles. The van der Waals surface area contributed by atoms with Crippen LogP contribution in [-0.2, 0) is 9.53 Å². The summed E-state index contributed by atoms with van der Waals surface area (Å²) in [6.07, 6.45) is 1.15. The number of nitrogens with two attached hydrogens (primary N) is 2. The van der Waals surface area contributed by atoms with Crippen molar-refractivity contribution in [1.29, 1.82) is 0 Å². The molecule has 0 saturated carbocycles.